The summed E-state index contributed by atoms with van der Waals surface area (Å²) in [6.45, 7) is 3.44. The van der Waals surface area contributed by atoms with E-state index >= 15 is 0 Å². The van der Waals surface area contributed by atoms with Crippen molar-refractivity contribution in [2.45, 2.75) is 13.2 Å². The third-order valence-corrected chi connectivity index (χ3v) is 6.61. The Balaban J connectivity index is 1.40. The summed E-state index contributed by atoms with van der Waals surface area (Å²) in [6.07, 6.45) is 0. The third kappa shape index (κ3) is 5.40. The molecule has 0 saturated carbocycles. The average Bonchev–Trinajstić information content (AvgIpc) is 2.92. The Morgan fingerprint density at radius 2 is 1.78 bits per heavy atom. The molecule has 0 spiro atoms. The largest absolute Gasteiger partial charge is 0.489 e. The molecule has 1 aliphatic rings. The molecule has 0 bridgehead atoms. The molecule has 0 aliphatic carbocycles. The van der Waals surface area contributed by atoms with Crippen LogP contribution in [0.15, 0.2) is 78.9 Å². The highest BCUT2D eigenvalue weighted by Crippen LogP contribution is 2.31. The standard InChI is InChI=1S/C29H27ClN2O4/c30-22-8-5-20(6-9-22)19-36-28-12-7-21-3-1-2-4-24(21)26(28)18-31-23-10-11-27(25(17-23)29(33)34)32-13-15-35-16-14-32/h1-12,17,31H,13-16,18-19H2,(H,33,34). The van der Waals surface area contributed by atoms with Crippen molar-refractivity contribution in [1.29, 1.82) is 0 Å². The van der Waals surface area contributed by atoms with E-state index in [1.807, 2.05) is 54.6 Å². The van der Waals surface area contributed by atoms with Gasteiger partial charge < -0.3 is 24.8 Å². The second kappa shape index (κ2) is 10.9. The number of nitrogens with one attached hydrogen (secondary N) is 1. The van der Waals surface area contributed by atoms with E-state index in [9.17, 15) is 9.90 Å². The van der Waals surface area contributed by atoms with E-state index in [4.69, 9.17) is 21.1 Å². The van der Waals surface area contributed by atoms with E-state index < -0.39 is 5.97 Å². The minimum atomic E-state index is -0.947. The number of hydrogen-bond donors (Lipinski definition) is 2. The number of morpholine rings is 1. The highest BCUT2D eigenvalue weighted by Gasteiger charge is 2.19. The minimum absolute atomic E-state index is 0.277. The number of hydrogen-bond acceptors (Lipinski definition) is 5. The lowest BCUT2D eigenvalue weighted by atomic mass is 10.0. The van der Waals surface area contributed by atoms with E-state index in [1.165, 1.54) is 0 Å². The van der Waals surface area contributed by atoms with Crippen LogP contribution in [0.4, 0.5) is 11.4 Å². The number of carboxylic acid groups (broad SMARTS) is 1. The number of anilines is 2. The summed E-state index contributed by atoms with van der Waals surface area (Å²) in [4.78, 5) is 14.1. The first-order chi connectivity index (χ1) is 17.6. The van der Waals surface area contributed by atoms with Gasteiger partial charge >= 0.3 is 5.97 Å². The Bertz CT molecular complexity index is 1370. The van der Waals surface area contributed by atoms with Crippen LogP contribution in [-0.4, -0.2) is 37.4 Å². The molecule has 0 amide bonds. The predicted octanol–water partition coefficient (Wildman–Crippen LogP) is 6.22. The van der Waals surface area contributed by atoms with Crippen LogP contribution in [0.5, 0.6) is 5.75 Å². The van der Waals surface area contributed by atoms with Crippen molar-refractivity contribution in [1.82, 2.24) is 0 Å². The molecule has 4 aromatic rings. The number of rotatable bonds is 8. The first kappa shape index (κ1) is 24.0. The molecule has 5 rings (SSSR count). The lowest BCUT2D eigenvalue weighted by molar-refractivity contribution is 0.0696. The van der Waals surface area contributed by atoms with Crippen LogP contribution >= 0.6 is 11.6 Å². The van der Waals surface area contributed by atoms with Gasteiger partial charge in [0.2, 0.25) is 0 Å². The lowest BCUT2D eigenvalue weighted by Crippen LogP contribution is -2.37. The molecule has 1 aliphatic heterocycles. The maximum Gasteiger partial charge on any atom is 0.337 e. The zero-order valence-corrected chi connectivity index (χ0v) is 20.5. The number of benzene rings is 4. The number of aromatic carboxylic acids is 1. The van der Waals surface area contributed by atoms with Gasteiger partial charge in [-0.25, -0.2) is 4.79 Å². The SMILES string of the molecule is O=C(O)c1cc(NCc2c(OCc3ccc(Cl)cc3)ccc3ccccc23)ccc1N1CCOCC1. The fourth-order valence-corrected chi connectivity index (χ4v) is 4.59. The van der Waals surface area contributed by atoms with Gasteiger partial charge in [0.05, 0.1) is 24.5 Å². The topological polar surface area (TPSA) is 71.0 Å². The van der Waals surface area contributed by atoms with Crippen molar-refractivity contribution in [3.8, 4) is 5.75 Å². The van der Waals surface area contributed by atoms with Gasteiger partial charge in [0, 0.05) is 35.9 Å². The van der Waals surface area contributed by atoms with Crippen molar-refractivity contribution in [2.75, 3.05) is 36.5 Å². The van der Waals surface area contributed by atoms with Crippen LogP contribution < -0.4 is 15.0 Å². The van der Waals surface area contributed by atoms with Gasteiger partial charge in [-0.3, -0.25) is 0 Å². The molecule has 0 atom stereocenters. The molecule has 1 heterocycles. The zero-order valence-electron chi connectivity index (χ0n) is 19.7. The molecule has 184 valence electrons. The molecule has 1 saturated heterocycles. The number of fused-ring (bicyclic) bond motifs is 1. The normalized spacial score (nSPS) is 13.5. The van der Waals surface area contributed by atoms with Gasteiger partial charge in [-0.2, -0.15) is 0 Å². The quantitative estimate of drug-likeness (QED) is 0.298. The maximum atomic E-state index is 12.0. The second-order valence-corrected chi connectivity index (χ2v) is 9.11. The van der Waals surface area contributed by atoms with Gasteiger partial charge in [0.1, 0.15) is 12.4 Å². The molecular weight excluding hydrogens is 476 g/mol. The van der Waals surface area contributed by atoms with Crippen LogP contribution in [0.1, 0.15) is 21.5 Å². The fourth-order valence-electron chi connectivity index (χ4n) is 4.46. The van der Waals surface area contributed by atoms with Gasteiger partial charge in [0.15, 0.2) is 0 Å². The van der Waals surface area contributed by atoms with E-state index in [2.05, 4.69) is 28.4 Å². The molecule has 0 unspecified atom stereocenters. The van der Waals surface area contributed by atoms with E-state index in [0.717, 1.165) is 33.3 Å². The third-order valence-electron chi connectivity index (χ3n) is 6.35. The van der Waals surface area contributed by atoms with Crippen molar-refractivity contribution >= 4 is 39.7 Å². The van der Waals surface area contributed by atoms with E-state index in [-0.39, 0.29) is 5.56 Å². The molecule has 2 N–H and O–H groups in total. The summed E-state index contributed by atoms with van der Waals surface area (Å²) >= 11 is 6.01. The lowest BCUT2D eigenvalue weighted by Gasteiger charge is -2.30. The molecule has 0 aromatic heterocycles. The summed E-state index contributed by atoms with van der Waals surface area (Å²) in [5.41, 5.74) is 3.76. The summed E-state index contributed by atoms with van der Waals surface area (Å²) in [7, 11) is 0. The summed E-state index contributed by atoms with van der Waals surface area (Å²) in [6, 6.07) is 25.3. The molecule has 7 heteroatoms. The Hall–Kier alpha value is -3.74. The summed E-state index contributed by atoms with van der Waals surface area (Å²) in [5, 5.41) is 16.2. The van der Waals surface area contributed by atoms with Gasteiger partial charge in [0.25, 0.3) is 0 Å². The van der Waals surface area contributed by atoms with Crippen molar-refractivity contribution in [3.63, 3.8) is 0 Å². The van der Waals surface area contributed by atoms with Gasteiger partial charge in [-0.05, 0) is 52.7 Å². The van der Waals surface area contributed by atoms with Crippen molar-refractivity contribution in [3.05, 3.63) is 101 Å². The Morgan fingerprint density at radius 3 is 2.56 bits per heavy atom. The number of halogens is 1. The molecule has 4 aromatic carbocycles. The molecule has 36 heavy (non-hydrogen) atoms. The number of nitrogens with zero attached hydrogens (tertiary/aromatic N) is 1. The highest BCUT2D eigenvalue weighted by atomic mass is 35.5. The van der Waals surface area contributed by atoms with E-state index in [0.29, 0.717) is 50.2 Å². The molecule has 6 nitrogen and oxygen atoms in total. The van der Waals surface area contributed by atoms with Gasteiger partial charge in [-0.1, -0.05) is 54.1 Å². The zero-order chi connectivity index (χ0) is 24.9. The van der Waals surface area contributed by atoms with Crippen LogP contribution in [0.3, 0.4) is 0 Å². The molecule has 0 radical (unpaired) electrons. The first-order valence-electron chi connectivity index (χ1n) is 11.9. The second-order valence-electron chi connectivity index (χ2n) is 8.67. The summed E-state index contributed by atoms with van der Waals surface area (Å²) < 4.78 is 11.6. The number of carboxylic acids is 1. The highest BCUT2D eigenvalue weighted by molar-refractivity contribution is 6.30. The summed E-state index contributed by atoms with van der Waals surface area (Å²) in [5.74, 6) is -0.170. The monoisotopic (exact) mass is 502 g/mol. The first-order valence-corrected chi connectivity index (χ1v) is 12.3. The van der Waals surface area contributed by atoms with E-state index in [1.54, 1.807) is 6.07 Å². The number of carbonyl (C=O) groups is 1. The fraction of sp³-hybridized carbons (Fsp3) is 0.207. The smallest absolute Gasteiger partial charge is 0.337 e. The average molecular weight is 503 g/mol. The Labute approximate surface area is 215 Å². The predicted molar refractivity (Wildman–Crippen MR) is 143 cm³/mol. The Morgan fingerprint density at radius 1 is 1.00 bits per heavy atom. The van der Waals surface area contributed by atoms with Crippen LogP contribution in [0.2, 0.25) is 5.02 Å². The van der Waals surface area contributed by atoms with Crippen LogP contribution in [0.25, 0.3) is 10.8 Å². The van der Waals surface area contributed by atoms with Crippen molar-refractivity contribution in [2.24, 2.45) is 0 Å². The van der Waals surface area contributed by atoms with Crippen LogP contribution in [0, 0.1) is 0 Å². The maximum absolute atomic E-state index is 12.0. The van der Waals surface area contributed by atoms with Crippen LogP contribution in [-0.2, 0) is 17.9 Å². The minimum Gasteiger partial charge on any atom is -0.489 e. The van der Waals surface area contributed by atoms with Gasteiger partial charge in [-0.15, -0.1) is 0 Å². The number of ether oxygens (including phenoxy) is 2. The van der Waals surface area contributed by atoms with Crippen molar-refractivity contribution < 1.29 is 19.4 Å². The Kier molecular flexibility index (Phi) is 7.26. The molecule has 1 fully saturated rings. The molecular formula is C29H27ClN2O4.